The molecule has 20 heavy (non-hydrogen) atoms. The average molecular weight is 287 g/mol. The fraction of sp³-hybridized carbons (Fsp3) is 0.200. The van der Waals surface area contributed by atoms with Gasteiger partial charge in [0.05, 0.1) is 22.9 Å². The molecule has 2 aromatic heterocycles. The average Bonchev–Trinajstić information content (AvgIpc) is 2.90. The fourth-order valence-electron chi connectivity index (χ4n) is 2.15. The molecule has 0 saturated heterocycles. The van der Waals surface area contributed by atoms with Crippen LogP contribution in [-0.4, -0.2) is 21.3 Å². The highest BCUT2D eigenvalue weighted by molar-refractivity contribution is 6.30. The van der Waals surface area contributed by atoms with Gasteiger partial charge in [0.2, 0.25) is 0 Å². The van der Waals surface area contributed by atoms with Gasteiger partial charge in [0.1, 0.15) is 0 Å². The molecule has 3 aromatic rings. The van der Waals surface area contributed by atoms with E-state index in [1.54, 1.807) is 17.1 Å². The van der Waals surface area contributed by atoms with Crippen molar-refractivity contribution in [1.29, 1.82) is 0 Å². The zero-order chi connectivity index (χ0) is 13.9. The van der Waals surface area contributed by atoms with E-state index in [9.17, 15) is 0 Å². The molecule has 1 aromatic carbocycles. The van der Waals surface area contributed by atoms with Gasteiger partial charge < -0.3 is 5.32 Å². The molecule has 0 aliphatic carbocycles. The number of nitrogens with one attached hydrogen (secondary N) is 1. The summed E-state index contributed by atoms with van der Waals surface area (Å²) < 4.78 is 1.72. The van der Waals surface area contributed by atoms with Crippen molar-refractivity contribution in [1.82, 2.24) is 20.1 Å². The highest BCUT2D eigenvalue weighted by Crippen LogP contribution is 2.20. The van der Waals surface area contributed by atoms with Crippen molar-refractivity contribution in [2.24, 2.45) is 0 Å². The first-order chi connectivity index (χ1) is 9.78. The maximum Gasteiger partial charge on any atom is 0.158 e. The molecule has 0 spiro atoms. The molecule has 0 aliphatic rings. The summed E-state index contributed by atoms with van der Waals surface area (Å²) in [6.07, 6.45) is 3.39. The maximum atomic E-state index is 5.96. The van der Waals surface area contributed by atoms with Gasteiger partial charge in [-0.1, -0.05) is 36.7 Å². The number of nitrogens with zero attached hydrogens (tertiary/aromatic N) is 3. The highest BCUT2D eigenvalue weighted by atomic mass is 35.5. The zero-order valence-corrected chi connectivity index (χ0v) is 11.9. The van der Waals surface area contributed by atoms with E-state index in [0.717, 1.165) is 35.4 Å². The summed E-state index contributed by atoms with van der Waals surface area (Å²) in [6, 6.07) is 10.2. The highest BCUT2D eigenvalue weighted by Gasteiger charge is 2.09. The van der Waals surface area contributed by atoms with Gasteiger partial charge in [-0.05, 0) is 18.7 Å². The monoisotopic (exact) mass is 286 g/mol. The Morgan fingerprint density at radius 2 is 2.15 bits per heavy atom. The summed E-state index contributed by atoms with van der Waals surface area (Å²) in [4.78, 5) is 4.71. The maximum absolute atomic E-state index is 5.96. The molecule has 0 radical (unpaired) electrons. The van der Waals surface area contributed by atoms with Crippen LogP contribution >= 0.6 is 11.6 Å². The van der Waals surface area contributed by atoms with Crippen LogP contribution in [0.25, 0.3) is 16.7 Å². The molecule has 102 valence electrons. The van der Waals surface area contributed by atoms with E-state index in [2.05, 4.69) is 29.5 Å². The molecule has 0 fully saturated rings. The second-order valence-corrected chi connectivity index (χ2v) is 4.98. The molecule has 0 unspecified atom stereocenters. The van der Waals surface area contributed by atoms with E-state index in [-0.39, 0.29) is 0 Å². The summed E-state index contributed by atoms with van der Waals surface area (Å²) in [5.41, 5.74) is 2.06. The Bertz CT molecular complexity index is 736. The van der Waals surface area contributed by atoms with Crippen LogP contribution in [0.3, 0.4) is 0 Å². The number of hydrogen-bond acceptors (Lipinski definition) is 3. The standard InChI is InChI=1S/C15H15ClN4/c1-2-17-8-12-7-11-5-3-4-6-14(11)19-15(12)20-10-13(16)9-18-20/h3-7,9-10,17H,2,8H2,1H3. The number of aromatic nitrogens is 3. The number of hydrogen-bond donors (Lipinski definition) is 1. The Kier molecular flexibility index (Phi) is 3.67. The minimum absolute atomic E-state index is 0.606. The SMILES string of the molecule is CCNCc1cc2ccccc2nc1-n1cc(Cl)cn1. The van der Waals surface area contributed by atoms with Gasteiger partial charge in [-0.3, -0.25) is 0 Å². The largest absolute Gasteiger partial charge is 0.313 e. The second-order valence-electron chi connectivity index (χ2n) is 4.55. The Morgan fingerprint density at radius 3 is 2.90 bits per heavy atom. The van der Waals surface area contributed by atoms with E-state index in [1.807, 2.05) is 18.2 Å². The van der Waals surface area contributed by atoms with Gasteiger partial charge in [-0.15, -0.1) is 0 Å². The molecule has 4 nitrogen and oxygen atoms in total. The number of halogens is 1. The van der Waals surface area contributed by atoms with Crippen LogP contribution in [0.1, 0.15) is 12.5 Å². The Balaban J connectivity index is 2.15. The third kappa shape index (κ3) is 2.53. The molecular weight excluding hydrogens is 272 g/mol. The molecule has 0 amide bonds. The van der Waals surface area contributed by atoms with Gasteiger partial charge >= 0.3 is 0 Å². The topological polar surface area (TPSA) is 42.7 Å². The van der Waals surface area contributed by atoms with Gasteiger partial charge in [0.25, 0.3) is 0 Å². The minimum atomic E-state index is 0.606. The number of rotatable bonds is 4. The number of fused-ring (bicyclic) bond motifs is 1. The van der Waals surface area contributed by atoms with Gasteiger partial charge in [0, 0.05) is 17.5 Å². The van der Waals surface area contributed by atoms with Gasteiger partial charge in [-0.25, -0.2) is 9.67 Å². The van der Waals surface area contributed by atoms with Crippen LogP contribution < -0.4 is 5.32 Å². The molecule has 0 bridgehead atoms. The van der Waals surface area contributed by atoms with Crippen molar-refractivity contribution in [3.05, 3.63) is 53.3 Å². The number of para-hydroxylation sites is 1. The zero-order valence-electron chi connectivity index (χ0n) is 11.2. The molecule has 0 aliphatic heterocycles. The Morgan fingerprint density at radius 1 is 1.30 bits per heavy atom. The first kappa shape index (κ1) is 13.1. The van der Waals surface area contributed by atoms with E-state index >= 15 is 0 Å². The van der Waals surface area contributed by atoms with Crippen molar-refractivity contribution in [2.75, 3.05) is 6.54 Å². The lowest BCUT2D eigenvalue weighted by Gasteiger charge is -2.11. The van der Waals surface area contributed by atoms with Crippen molar-refractivity contribution in [2.45, 2.75) is 13.5 Å². The lowest BCUT2D eigenvalue weighted by atomic mass is 10.1. The molecule has 0 atom stereocenters. The smallest absolute Gasteiger partial charge is 0.158 e. The summed E-state index contributed by atoms with van der Waals surface area (Å²) >= 11 is 5.96. The molecule has 3 rings (SSSR count). The van der Waals surface area contributed by atoms with Crippen LogP contribution in [0.4, 0.5) is 0 Å². The van der Waals surface area contributed by atoms with Crippen LogP contribution in [0.15, 0.2) is 42.7 Å². The third-order valence-corrected chi connectivity index (χ3v) is 3.31. The van der Waals surface area contributed by atoms with Crippen LogP contribution in [-0.2, 0) is 6.54 Å². The van der Waals surface area contributed by atoms with Crippen LogP contribution in [0.5, 0.6) is 0 Å². The fourth-order valence-corrected chi connectivity index (χ4v) is 2.29. The van der Waals surface area contributed by atoms with E-state index in [0.29, 0.717) is 5.02 Å². The summed E-state index contributed by atoms with van der Waals surface area (Å²) in [7, 11) is 0. The van der Waals surface area contributed by atoms with Crippen molar-refractivity contribution in [3.63, 3.8) is 0 Å². The van der Waals surface area contributed by atoms with Crippen LogP contribution in [0.2, 0.25) is 5.02 Å². The van der Waals surface area contributed by atoms with Gasteiger partial charge in [0.15, 0.2) is 5.82 Å². The predicted molar refractivity (Wildman–Crippen MR) is 81.3 cm³/mol. The lowest BCUT2D eigenvalue weighted by molar-refractivity contribution is 0.712. The summed E-state index contributed by atoms with van der Waals surface area (Å²) in [5, 5.41) is 9.32. The minimum Gasteiger partial charge on any atom is -0.313 e. The van der Waals surface area contributed by atoms with E-state index in [1.165, 1.54) is 0 Å². The number of benzene rings is 1. The first-order valence-corrected chi connectivity index (χ1v) is 6.95. The first-order valence-electron chi connectivity index (χ1n) is 6.58. The van der Waals surface area contributed by atoms with E-state index < -0.39 is 0 Å². The predicted octanol–water partition coefficient (Wildman–Crippen LogP) is 3.18. The molecule has 1 N–H and O–H groups in total. The molecule has 2 heterocycles. The van der Waals surface area contributed by atoms with Crippen LogP contribution in [0, 0.1) is 0 Å². The summed E-state index contributed by atoms with van der Waals surface area (Å²) in [5.74, 6) is 0.816. The quantitative estimate of drug-likeness (QED) is 0.801. The molecule has 0 saturated carbocycles. The van der Waals surface area contributed by atoms with Crippen molar-refractivity contribution in [3.8, 4) is 5.82 Å². The molecule has 5 heteroatoms. The normalized spacial score (nSPS) is 11.1. The third-order valence-electron chi connectivity index (χ3n) is 3.11. The Hall–Kier alpha value is -1.91. The molecular formula is C15H15ClN4. The van der Waals surface area contributed by atoms with Crippen molar-refractivity contribution < 1.29 is 0 Å². The second kappa shape index (κ2) is 5.61. The van der Waals surface area contributed by atoms with Crippen molar-refractivity contribution >= 4 is 22.5 Å². The Labute approximate surface area is 122 Å². The lowest BCUT2D eigenvalue weighted by Crippen LogP contribution is -2.15. The van der Waals surface area contributed by atoms with E-state index in [4.69, 9.17) is 16.6 Å². The number of pyridine rings is 1. The summed E-state index contributed by atoms with van der Waals surface area (Å²) in [6.45, 7) is 3.74. The van der Waals surface area contributed by atoms with Gasteiger partial charge in [-0.2, -0.15) is 5.10 Å².